The first-order valence-corrected chi connectivity index (χ1v) is 24.6. The van der Waals surface area contributed by atoms with Crippen LogP contribution in [0.25, 0.3) is 0 Å². The number of hydrogen-bond acceptors (Lipinski definition) is 19. The third-order valence-corrected chi connectivity index (χ3v) is 12.7. The van der Waals surface area contributed by atoms with Gasteiger partial charge in [0.05, 0.1) is 38.1 Å². The zero-order valence-corrected chi connectivity index (χ0v) is 44.5. The van der Waals surface area contributed by atoms with Crippen LogP contribution in [0.1, 0.15) is 70.2 Å². The molecule has 11 rings (SSSR count). The second kappa shape index (κ2) is 21.6. The van der Waals surface area contributed by atoms with Crippen molar-refractivity contribution in [1.82, 2.24) is 45.5 Å². The number of pyridine rings is 1. The highest BCUT2D eigenvalue weighted by Gasteiger charge is 2.53. The fourth-order valence-corrected chi connectivity index (χ4v) is 8.69. The van der Waals surface area contributed by atoms with E-state index >= 15 is 0 Å². The number of ether oxygens (including phenoxy) is 6. The SMILES string of the molecule is CC1(C)NC(=O)N(c2cc(Oc3ccc4c(c3)CCO4)nc(F)n2)C1=O.CC1(C)NC(=O)N(c2ncnc(Oc3ccc4c(c3)CCO4)c2C(F)(F)F)C1=O.COc1cncc(Oc2ncnc(N3C(=O)CC(C)(C)C3=O)c2C(F)(F)F)c1. The van der Waals surface area contributed by atoms with Crippen LogP contribution in [0, 0.1) is 11.5 Å². The Morgan fingerprint density at radius 2 is 1.07 bits per heavy atom. The maximum atomic E-state index is 13.9. The van der Waals surface area contributed by atoms with Crippen LogP contribution in [-0.4, -0.2) is 102 Å². The largest absolute Gasteiger partial charge is 0.495 e. The van der Waals surface area contributed by atoms with Crippen molar-refractivity contribution >= 4 is 53.1 Å². The lowest BCUT2D eigenvalue weighted by molar-refractivity contribution is -0.139. The Hall–Kier alpha value is -9.84. The highest BCUT2D eigenvalue weighted by Crippen LogP contribution is 2.47. The number of benzene rings is 2. The number of carbonyl (C=O) groups excluding carboxylic acids is 6. The molecule has 0 bridgehead atoms. The molecule has 2 aromatic carbocycles. The number of carbonyl (C=O) groups is 6. The molecule has 8 amide bonds. The number of fused-ring (bicyclic) bond motifs is 2. The first-order valence-electron chi connectivity index (χ1n) is 24.6. The Balaban J connectivity index is 0.000000150. The topological polar surface area (TPSA) is 282 Å². The van der Waals surface area contributed by atoms with Crippen LogP contribution in [-0.2, 0) is 44.4 Å². The molecule has 4 aromatic heterocycles. The number of methoxy groups -OCH3 is 1. The van der Waals surface area contributed by atoms with Gasteiger partial charge in [-0.25, -0.2) is 44.2 Å². The average Bonchev–Trinajstić information content (AvgIpc) is 2.48. The smallest absolute Gasteiger partial charge is 0.425 e. The summed E-state index contributed by atoms with van der Waals surface area (Å²) in [5.74, 6) is -4.55. The van der Waals surface area contributed by atoms with Crippen LogP contribution >= 0.6 is 0 Å². The fraction of sp³-hybridized carbons (Fsp3) is 0.327. The van der Waals surface area contributed by atoms with Crippen molar-refractivity contribution in [2.24, 2.45) is 5.41 Å². The average molecular weight is 1160 g/mol. The van der Waals surface area contributed by atoms with E-state index in [1.165, 1.54) is 65.4 Å². The molecular formula is C52H45F7N12O12. The van der Waals surface area contributed by atoms with E-state index in [4.69, 9.17) is 28.4 Å². The second-order valence-electron chi connectivity index (χ2n) is 20.2. The van der Waals surface area contributed by atoms with Gasteiger partial charge in [0, 0.05) is 42.5 Å². The van der Waals surface area contributed by atoms with Crippen molar-refractivity contribution in [3.05, 3.63) is 102 Å². The van der Waals surface area contributed by atoms with Crippen LogP contribution in [0.2, 0.25) is 0 Å². The summed E-state index contributed by atoms with van der Waals surface area (Å²) in [5.41, 5.74) is -4.68. The summed E-state index contributed by atoms with van der Waals surface area (Å²) < 4.78 is 129. The number of imide groups is 3. The monoisotopic (exact) mass is 1160 g/mol. The molecule has 0 atom stereocenters. The minimum absolute atomic E-state index is 0.0751. The summed E-state index contributed by atoms with van der Waals surface area (Å²) in [6, 6.07) is 10.7. The number of nitrogens with one attached hydrogen (secondary N) is 2. The first-order chi connectivity index (χ1) is 38.9. The standard InChI is InChI=1S/C18H15F3N4O4.C17H15F3N4O4.C17H15FN4O4/c1-17(2)15(26)25(16(27)24-17)13-12(18(19,20)21)14(23-8-22-13)29-10-3-4-11-9(7-10)5-6-28-11;1-16(2)5-11(25)24(15(16)26)13-12(17(18,19)20)14(23-8-22-13)28-10-4-9(27-3)6-21-7-10;1-17(2)14(23)22(16(24)21-17)12-8-13(20-15(18)19-12)26-10-3-4-11-9(7-10)5-6-25-11/h3-4,7-8H,5-6H2,1-2H3,(H,24,27);4,6-8H,5H2,1-3H3;3-4,7-8H,5-6H2,1-2H3,(H,21,24). The Morgan fingerprint density at radius 3 is 1.55 bits per heavy atom. The van der Waals surface area contributed by atoms with Crippen molar-refractivity contribution in [2.75, 3.05) is 35.0 Å². The van der Waals surface area contributed by atoms with Crippen LogP contribution in [0.15, 0.2) is 73.6 Å². The molecule has 0 unspecified atom stereocenters. The van der Waals surface area contributed by atoms with Crippen LogP contribution in [0.3, 0.4) is 0 Å². The van der Waals surface area contributed by atoms with Gasteiger partial charge in [-0.15, -0.1) is 0 Å². The zero-order valence-electron chi connectivity index (χ0n) is 44.5. The van der Waals surface area contributed by atoms with Crippen molar-refractivity contribution in [3.8, 4) is 52.1 Å². The molecule has 434 valence electrons. The van der Waals surface area contributed by atoms with Crippen molar-refractivity contribution in [1.29, 1.82) is 0 Å². The van der Waals surface area contributed by atoms with Crippen molar-refractivity contribution < 1.29 is 87.9 Å². The number of aromatic nitrogens is 7. The molecule has 9 heterocycles. The number of amides is 8. The molecule has 6 aromatic rings. The van der Waals surface area contributed by atoms with E-state index < -0.39 is 105 Å². The number of urea groups is 2. The maximum absolute atomic E-state index is 13.9. The Morgan fingerprint density at radius 1 is 0.578 bits per heavy atom. The molecule has 3 fully saturated rings. The minimum atomic E-state index is -4.99. The summed E-state index contributed by atoms with van der Waals surface area (Å²) in [6.45, 7) is 9.89. The number of halogens is 7. The molecule has 5 aliphatic heterocycles. The predicted octanol–water partition coefficient (Wildman–Crippen LogP) is 8.22. The Kier molecular flexibility index (Phi) is 15.0. The number of alkyl halides is 6. The molecule has 0 aliphatic carbocycles. The molecular weight excluding hydrogens is 1120 g/mol. The second-order valence-corrected chi connectivity index (χ2v) is 20.2. The van der Waals surface area contributed by atoms with Gasteiger partial charge in [0.2, 0.25) is 29.5 Å². The lowest BCUT2D eigenvalue weighted by Gasteiger charge is -2.21. The maximum Gasteiger partial charge on any atom is 0.425 e. The van der Waals surface area contributed by atoms with Gasteiger partial charge in [-0.05, 0) is 64.1 Å². The van der Waals surface area contributed by atoms with Gasteiger partial charge in [-0.2, -0.15) is 40.7 Å². The third kappa shape index (κ3) is 11.8. The van der Waals surface area contributed by atoms with Gasteiger partial charge >= 0.3 is 30.5 Å². The van der Waals surface area contributed by atoms with Crippen LogP contribution < -0.4 is 53.8 Å². The van der Waals surface area contributed by atoms with Gasteiger partial charge in [-0.1, -0.05) is 13.8 Å². The lowest BCUT2D eigenvalue weighted by atomic mass is 9.92. The quantitative estimate of drug-likeness (QED) is 0.0565. The van der Waals surface area contributed by atoms with Gasteiger partial charge in [0.25, 0.3) is 11.8 Å². The third-order valence-electron chi connectivity index (χ3n) is 12.7. The molecule has 3 saturated heterocycles. The predicted molar refractivity (Wildman–Crippen MR) is 269 cm³/mol. The van der Waals surface area contributed by atoms with Crippen LogP contribution in [0.5, 0.6) is 52.1 Å². The van der Waals surface area contributed by atoms with E-state index in [1.807, 2.05) is 0 Å². The molecule has 0 radical (unpaired) electrons. The molecule has 83 heavy (non-hydrogen) atoms. The van der Waals surface area contributed by atoms with Gasteiger partial charge in [0.15, 0.2) is 34.3 Å². The summed E-state index contributed by atoms with van der Waals surface area (Å²) in [6.07, 6.45) is -5.85. The number of rotatable bonds is 10. The van der Waals surface area contributed by atoms with E-state index in [9.17, 15) is 59.5 Å². The van der Waals surface area contributed by atoms with Crippen molar-refractivity contribution in [3.63, 3.8) is 0 Å². The molecule has 5 aliphatic rings. The van der Waals surface area contributed by atoms with E-state index in [0.717, 1.165) is 40.9 Å². The molecule has 0 saturated carbocycles. The minimum Gasteiger partial charge on any atom is -0.495 e. The summed E-state index contributed by atoms with van der Waals surface area (Å²) in [5, 5.41) is 4.83. The van der Waals surface area contributed by atoms with E-state index in [0.29, 0.717) is 40.9 Å². The van der Waals surface area contributed by atoms with Gasteiger partial charge in [-0.3, -0.25) is 24.2 Å². The van der Waals surface area contributed by atoms with E-state index in [1.54, 1.807) is 44.2 Å². The Bertz CT molecular complexity index is 3640. The molecule has 31 heteroatoms. The van der Waals surface area contributed by atoms with Gasteiger partial charge in [0.1, 0.15) is 52.5 Å². The normalized spacial score (nSPS) is 17.3. The zero-order chi connectivity index (χ0) is 60.1. The van der Waals surface area contributed by atoms with Crippen molar-refractivity contribution in [2.45, 2.75) is 84.2 Å². The van der Waals surface area contributed by atoms with Crippen LogP contribution in [0.4, 0.5) is 57.8 Å². The molecule has 0 spiro atoms. The van der Waals surface area contributed by atoms with Gasteiger partial charge < -0.3 is 39.1 Å². The first kappa shape index (κ1) is 57.8. The Labute approximate surface area is 464 Å². The molecule has 2 N–H and O–H groups in total. The summed E-state index contributed by atoms with van der Waals surface area (Å²) in [4.78, 5) is 101. The number of hydrogen-bond donors (Lipinski definition) is 2. The van der Waals surface area contributed by atoms with E-state index in [2.05, 4.69) is 45.5 Å². The molecule has 24 nitrogen and oxygen atoms in total. The number of anilines is 3. The summed E-state index contributed by atoms with van der Waals surface area (Å²) >= 11 is 0. The fourth-order valence-electron chi connectivity index (χ4n) is 8.69. The highest BCUT2D eigenvalue weighted by molar-refractivity contribution is 6.24. The lowest BCUT2D eigenvalue weighted by Crippen LogP contribution is -2.40. The van der Waals surface area contributed by atoms with E-state index in [-0.39, 0.29) is 35.4 Å². The number of nitrogens with zero attached hydrogens (tertiary/aromatic N) is 10. The highest BCUT2D eigenvalue weighted by atomic mass is 19.4. The summed E-state index contributed by atoms with van der Waals surface area (Å²) in [7, 11) is 1.36.